The van der Waals surface area contributed by atoms with Crippen molar-refractivity contribution in [1.82, 2.24) is 0 Å². The smallest absolute Gasteiger partial charge is 0.0988 e. The largest absolute Gasteiger partial charge is 0.192 e. The summed E-state index contributed by atoms with van der Waals surface area (Å²) in [6.07, 6.45) is 36.1. The molecule has 1 aromatic heterocycles. The van der Waals surface area contributed by atoms with Crippen LogP contribution in [-0.4, -0.2) is 0 Å². The van der Waals surface area contributed by atoms with E-state index in [1.807, 2.05) is 29.2 Å². The maximum atomic E-state index is 9.77. The number of aryl methyl sites for hydroxylation is 1. The molecule has 2 heterocycles. The number of hydrogen-bond donors (Lipinski definition) is 0. The molecule has 40 heavy (non-hydrogen) atoms. The molecule has 1 nitrogen and oxygen atoms in total. The third kappa shape index (κ3) is 3.96. The molecule has 5 atom stereocenters. The highest BCUT2D eigenvalue weighted by atomic mass is 32.2. The molecule has 0 bridgehead atoms. The number of benzene rings is 1. The van der Waals surface area contributed by atoms with Gasteiger partial charge in [-0.05, 0) is 100 Å². The first-order chi connectivity index (χ1) is 19.8. The van der Waals surface area contributed by atoms with Gasteiger partial charge in [-0.1, -0.05) is 96.8 Å². The monoisotopic (exact) mass is 553 g/mol. The van der Waals surface area contributed by atoms with Crippen LogP contribution in [0.1, 0.15) is 41.7 Å². The van der Waals surface area contributed by atoms with Gasteiger partial charge in [0.2, 0.25) is 0 Å². The molecule has 0 saturated carbocycles. The summed E-state index contributed by atoms with van der Waals surface area (Å²) in [6.45, 7) is 0. The van der Waals surface area contributed by atoms with E-state index in [2.05, 4.69) is 97.2 Å². The summed E-state index contributed by atoms with van der Waals surface area (Å²) in [5, 5.41) is 11.2. The fraction of sp³-hybridized carbons (Fsp3) is 0.270. The molecule has 0 saturated heterocycles. The number of allylic oxidation sites excluding steroid dienone is 16. The van der Waals surface area contributed by atoms with Crippen molar-refractivity contribution in [3.8, 4) is 6.07 Å². The first-order valence-electron chi connectivity index (χ1n) is 14.6. The zero-order valence-corrected chi connectivity index (χ0v) is 24.1. The van der Waals surface area contributed by atoms with E-state index in [4.69, 9.17) is 0 Å². The van der Waals surface area contributed by atoms with Crippen molar-refractivity contribution in [2.75, 3.05) is 0 Å². The number of nitriles is 1. The molecular weight excluding hydrogens is 523 g/mol. The van der Waals surface area contributed by atoms with Gasteiger partial charge in [-0.3, -0.25) is 0 Å². The predicted octanol–water partition coefficient (Wildman–Crippen LogP) is 10.1. The van der Waals surface area contributed by atoms with Gasteiger partial charge in [0.15, 0.2) is 0 Å². The molecule has 5 aliphatic carbocycles. The SMILES string of the molecule is N#CC1=CC(C2C=C(c3cccc4c5c(sc34)C=CCC5)C=CC2[C@H]2C=CC=C3SC4=C(CCC=C4)C32)CC=C1. The van der Waals surface area contributed by atoms with E-state index in [0.29, 0.717) is 29.6 Å². The summed E-state index contributed by atoms with van der Waals surface area (Å²) >= 11 is 3.94. The van der Waals surface area contributed by atoms with E-state index < -0.39 is 0 Å². The third-order valence-electron chi connectivity index (χ3n) is 9.53. The summed E-state index contributed by atoms with van der Waals surface area (Å²) in [4.78, 5) is 4.43. The molecule has 1 aliphatic heterocycles. The van der Waals surface area contributed by atoms with E-state index in [9.17, 15) is 5.26 Å². The normalized spacial score (nSPS) is 30.0. The Balaban J connectivity index is 1.23. The molecule has 196 valence electrons. The molecule has 0 N–H and O–H groups in total. The van der Waals surface area contributed by atoms with Gasteiger partial charge in [-0.2, -0.15) is 5.26 Å². The van der Waals surface area contributed by atoms with Gasteiger partial charge >= 0.3 is 0 Å². The first-order valence-corrected chi connectivity index (χ1v) is 16.3. The zero-order valence-electron chi connectivity index (χ0n) is 22.4. The van der Waals surface area contributed by atoms with Crippen LogP contribution in [-0.2, 0) is 6.42 Å². The highest BCUT2D eigenvalue weighted by Crippen LogP contribution is 2.57. The van der Waals surface area contributed by atoms with Crippen LogP contribution in [0.5, 0.6) is 0 Å². The van der Waals surface area contributed by atoms with Crippen molar-refractivity contribution in [2.24, 2.45) is 29.6 Å². The van der Waals surface area contributed by atoms with Crippen molar-refractivity contribution in [2.45, 2.75) is 32.1 Å². The topological polar surface area (TPSA) is 23.8 Å². The van der Waals surface area contributed by atoms with Crippen molar-refractivity contribution >= 4 is 44.8 Å². The lowest BCUT2D eigenvalue weighted by Crippen LogP contribution is -2.33. The van der Waals surface area contributed by atoms with E-state index in [1.54, 1.807) is 5.57 Å². The minimum absolute atomic E-state index is 0.319. The summed E-state index contributed by atoms with van der Waals surface area (Å²) in [7, 11) is 0. The standard InChI is InChI=1S/C37H31NS2/c38-22-23-8-5-9-24(20-23)32-21-25(26-12-6-14-30-28-10-1-3-15-33(28)40-37(26)30)18-19-27(32)29-13-7-17-35-36(29)31-11-2-4-16-34(31)39-35/h3-8,12-21,24,27,29,32,36H,1-2,9-11H2/t24?,27?,29-,32?,36?/m1/s1. The van der Waals surface area contributed by atoms with E-state index in [1.165, 1.54) is 47.9 Å². The summed E-state index contributed by atoms with van der Waals surface area (Å²) in [5.74, 6) is 1.96. The highest BCUT2D eigenvalue weighted by Gasteiger charge is 2.43. The van der Waals surface area contributed by atoms with E-state index >= 15 is 0 Å². The second-order valence-electron chi connectivity index (χ2n) is 11.7. The number of thiophene rings is 1. The minimum Gasteiger partial charge on any atom is -0.192 e. The Kier molecular flexibility index (Phi) is 6.09. The van der Waals surface area contributed by atoms with Gasteiger partial charge in [0, 0.05) is 26.0 Å². The molecule has 3 heteroatoms. The molecule has 1 aromatic carbocycles. The highest BCUT2D eigenvalue weighted by molar-refractivity contribution is 8.07. The van der Waals surface area contributed by atoms with Crippen LogP contribution in [0.2, 0.25) is 0 Å². The molecule has 0 fully saturated rings. The molecule has 6 aliphatic rings. The lowest BCUT2D eigenvalue weighted by atomic mass is 9.64. The van der Waals surface area contributed by atoms with Crippen LogP contribution in [0.3, 0.4) is 0 Å². The number of thioether (sulfide) groups is 1. The van der Waals surface area contributed by atoms with Crippen LogP contribution in [0.25, 0.3) is 21.7 Å². The fourth-order valence-electron chi connectivity index (χ4n) is 7.70. The molecule has 0 radical (unpaired) electrons. The molecule has 0 amide bonds. The average Bonchev–Trinajstić information content (AvgIpc) is 3.59. The molecule has 8 rings (SSSR count). The van der Waals surface area contributed by atoms with Crippen LogP contribution in [0.4, 0.5) is 0 Å². The number of hydrogen-bond acceptors (Lipinski definition) is 3. The molecular formula is C37H31NS2. The Morgan fingerprint density at radius 1 is 0.875 bits per heavy atom. The van der Waals surface area contributed by atoms with E-state index in [-0.39, 0.29) is 0 Å². The maximum Gasteiger partial charge on any atom is 0.0988 e. The van der Waals surface area contributed by atoms with Crippen molar-refractivity contribution in [3.05, 3.63) is 128 Å². The summed E-state index contributed by atoms with van der Waals surface area (Å²) < 4.78 is 1.42. The van der Waals surface area contributed by atoms with Crippen molar-refractivity contribution in [3.63, 3.8) is 0 Å². The van der Waals surface area contributed by atoms with Crippen molar-refractivity contribution < 1.29 is 0 Å². The van der Waals surface area contributed by atoms with Crippen molar-refractivity contribution in [1.29, 1.82) is 5.26 Å². The second-order valence-corrected chi connectivity index (χ2v) is 13.8. The lowest BCUT2D eigenvalue weighted by molar-refractivity contribution is 0.274. The maximum absolute atomic E-state index is 9.77. The lowest BCUT2D eigenvalue weighted by Gasteiger charge is -2.40. The predicted molar refractivity (Wildman–Crippen MR) is 171 cm³/mol. The minimum atomic E-state index is 0.319. The van der Waals surface area contributed by atoms with Crippen LogP contribution < -0.4 is 0 Å². The summed E-state index contributed by atoms with van der Waals surface area (Å²) in [6, 6.07) is 9.31. The number of fused-ring (bicyclic) bond motifs is 5. The van der Waals surface area contributed by atoms with Gasteiger partial charge in [0.1, 0.15) is 0 Å². The molecule has 4 unspecified atom stereocenters. The quantitative estimate of drug-likeness (QED) is 0.378. The van der Waals surface area contributed by atoms with Gasteiger partial charge in [0.05, 0.1) is 6.07 Å². The van der Waals surface area contributed by atoms with Gasteiger partial charge in [-0.15, -0.1) is 11.3 Å². The summed E-state index contributed by atoms with van der Waals surface area (Å²) in [5.41, 5.74) is 6.67. The number of rotatable bonds is 3. The Labute approximate surface area is 245 Å². The molecule has 2 aromatic rings. The van der Waals surface area contributed by atoms with Gasteiger partial charge < -0.3 is 0 Å². The zero-order chi connectivity index (χ0) is 26.6. The Hall–Kier alpha value is -3.32. The average molecular weight is 554 g/mol. The Bertz CT molecular complexity index is 1740. The van der Waals surface area contributed by atoms with E-state index in [0.717, 1.165) is 31.3 Å². The van der Waals surface area contributed by atoms with Crippen LogP contribution in [0, 0.1) is 40.9 Å². The Morgan fingerprint density at radius 3 is 2.75 bits per heavy atom. The fourth-order valence-corrected chi connectivity index (χ4v) is 10.4. The Morgan fingerprint density at radius 2 is 1.80 bits per heavy atom. The van der Waals surface area contributed by atoms with Crippen LogP contribution >= 0.6 is 23.1 Å². The van der Waals surface area contributed by atoms with Crippen LogP contribution in [0.15, 0.2) is 112 Å². The third-order valence-corrected chi connectivity index (χ3v) is 12.0. The van der Waals surface area contributed by atoms with Gasteiger partial charge in [0.25, 0.3) is 0 Å². The first kappa shape index (κ1) is 24.5. The van der Waals surface area contributed by atoms with Gasteiger partial charge in [-0.25, -0.2) is 0 Å². The second kappa shape index (κ2) is 9.95. The molecule has 0 spiro atoms. The number of nitrogens with zero attached hydrogens (tertiary/aromatic N) is 1.